The summed E-state index contributed by atoms with van der Waals surface area (Å²) < 4.78 is 2.85. The lowest BCUT2D eigenvalue weighted by atomic mass is 10.1. The first-order chi connectivity index (χ1) is 7.70. The molecule has 0 bridgehead atoms. The highest BCUT2D eigenvalue weighted by atomic mass is 32.1. The van der Waals surface area contributed by atoms with Crippen LogP contribution in [0.2, 0.25) is 0 Å². The first-order valence-electron chi connectivity index (χ1n) is 6.12. The highest BCUT2D eigenvalue weighted by Crippen LogP contribution is 2.10. The molecule has 0 atom stereocenters. The monoisotopic (exact) mass is 278 g/mol. The SMILES string of the molecule is S=C(S)N1CCCCC1.SN1CCCCC1. The number of likely N-dealkylation sites (tertiary alicyclic amines) is 1. The van der Waals surface area contributed by atoms with E-state index in [4.69, 9.17) is 12.2 Å². The molecule has 2 aliphatic heterocycles. The molecule has 2 nitrogen and oxygen atoms in total. The first kappa shape index (κ1) is 14.6. The van der Waals surface area contributed by atoms with Crippen LogP contribution in [0.5, 0.6) is 0 Å². The van der Waals surface area contributed by atoms with Gasteiger partial charge in [0, 0.05) is 26.2 Å². The predicted octanol–water partition coefficient (Wildman–Crippen LogP) is 3.00. The molecule has 0 aliphatic carbocycles. The fraction of sp³-hybridized carbons (Fsp3) is 0.909. The van der Waals surface area contributed by atoms with Crippen molar-refractivity contribution >= 4 is 42.0 Å². The van der Waals surface area contributed by atoms with Crippen LogP contribution in [0.1, 0.15) is 38.5 Å². The molecule has 0 unspecified atom stereocenters. The molecule has 0 aromatic heterocycles. The molecular formula is C11H22N2S3. The Morgan fingerprint density at radius 2 is 1.25 bits per heavy atom. The Labute approximate surface area is 116 Å². The van der Waals surface area contributed by atoms with Gasteiger partial charge in [-0.1, -0.05) is 31.5 Å². The van der Waals surface area contributed by atoms with E-state index < -0.39 is 0 Å². The Morgan fingerprint density at radius 3 is 1.50 bits per heavy atom. The quantitative estimate of drug-likeness (QED) is 0.520. The van der Waals surface area contributed by atoms with Crippen LogP contribution in [0.25, 0.3) is 0 Å². The van der Waals surface area contributed by atoms with Crippen LogP contribution in [0.15, 0.2) is 0 Å². The minimum atomic E-state index is 0.759. The van der Waals surface area contributed by atoms with Crippen LogP contribution in [0, 0.1) is 0 Å². The van der Waals surface area contributed by atoms with Crippen molar-refractivity contribution in [3.63, 3.8) is 0 Å². The van der Waals surface area contributed by atoms with Gasteiger partial charge in [-0.3, -0.25) is 4.31 Å². The topological polar surface area (TPSA) is 6.48 Å². The Balaban J connectivity index is 0.000000165. The number of rotatable bonds is 0. The van der Waals surface area contributed by atoms with Crippen LogP contribution in [-0.2, 0) is 0 Å². The largest absolute Gasteiger partial charge is 0.358 e. The van der Waals surface area contributed by atoms with Gasteiger partial charge in [0.2, 0.25) is 0 Å². The van der Waals surface area contributed by atoms with Gasteiger partial charge in [0.15, 0.2) is 0 Å². The molecule has 0 aromatic carbocycles. The van der Waals surface area contributed by atoms with E-state index in [0.717, 1.165) is 17.4 Å². The van der Waals surface area contributed by atoms with Crippen LogP contribution in [-0.4, -0.2) is 39.7 Å². The summed E-state index contributed by atoms with van der Waals surface area (Å²) >= 11 is 13.2. The molecule has 0 amide bonds. The van der Waals surface area contributed by atoms with E-state index in [0.29, 0.717) is 0 Å². The van der Waals surface area contributed by atoms with E-state index >= 15 is 0 Å². The molecule has 2 aliphatic rings. The van der Waals surface area contributed by atoms with Crippen LogP contribution < -0.4 is 0 Å². The van der Waals surface area contributed by atoms with Crippen molar-refractivity contribution in [1.82, 2.24) is 9.21 Å². The maximum Gasteiger partial charge on any atom is 0.133 e. The molecule has 2 saturated heterocycles. The lowest BCUT2D eigenvalue weighted by molar-refractivity contribution is 0.352. The minimum Gasteiger partial charge on any atom is -0.358 e. The summed E-state index contributed by atoms with van der Waals surface area (Å²) in [5.41, 5.74) is 0. The van der Waals surface area contributed by atoms with Gasteiger partial charge in [-0.25, -0.2) is 0 Å². The van der Waals surface area contributed by atoms with Crippen molar-refractivity contribution in [1.29, 1.82) is 0 Å². The van der Waals surface area contributed by atoms with Crippen LogP contribution in [0.4, 0.5) is 0 Å². The summed E-state index contributed by atoms with van der Waals surface area (Å²) in [6, 6.07) is 0. The Bertz CT molecular complexity index is 199. The lowest BCUT2D eigenvalue weighted by Crippen LogP contribution is -2.31. The Morgan fingerprint density at radius 1 is 0.812 bits per heavy atom. The summed E-state index contributed by atoms with van der Waals surface area (Å²) in [6.07, 6.45) is 7.98. The zero-order chi connectivity index (χ0) is 11.8. The van der Waals surface area contributed by atoms with Gasteiger partial charge in [-0.05, 0) is 32.1 Å². The molecule has 5 heteroatoms. The molecule has 0 radical (unpaired) electrons. The second-order valence-corrected chi connectivity index (χ2v) is 6.02. The molecular weight excluding hydrogens is 256 g/mol. The predicted molar refractivity (Wildman–Crippen MR) is 81.4 cm³/mol. The van der Waals surface area contributed by atoms with Gasteiger partial charge >= 0.3 is 0 Å². The third-order valence-electron chi connectivity index (χ3n) is 2.96. The average molecular weight is 279 g/mol. The van der Waals surface area contributed by atoms with E-state index in [9.17, 15) is 0 Å². The summed E-state index contributed by atoms with van der Waals surface area (Å²) in [6.45, 7) is 4.59. The fourth-order valence-corrected chi connectivity index (χ4v) is 2.63. The smallest absolute Gasteiger partial charge is 0.133 e. The van der Waals surface area contributed by atoms with Crippen molar-refractivity contribution in [2.75, 3.05) is 26.2 Å². The standard InChI is InChI=1S/C6H11NS2.C5H11NS/c8-6(9)7-4-2-1-3-5-7;7-6-4-2-1-3-5-6/h1-5H2,(H,8,9);7H,1-5H2. The van der Waals surface area contributed by atoms with Crippen LogP contribution >= 0.6 is 37.7 Å². The van der Waals surface area contributed by atoms with E-state index in [-0.39, 0.29) is 0 Å². The normalized spacial score (nSPS) is 22.2. The van der Waals surface area contributed by atoms with E-state index in [1.165, 1.54) is 51.6 Å². The molecule has 0 aromatic rings. The fourth-order valence-electron chi connectivity index (χ4n) is 1.96. The average Bonchev–Trinajstić information content (AvgIpc) is 2.32. The Hall–Kier alpha value is 0.550. The minimum absolute atomic E-state index is 0.759. The van der Waals surface area contributed by atoms with Crippen molar-refractivity contribution in [2.45, 2.75) is 38.5 Å². The van der Waals surface area contributed by atoms with Gasteiger partial charge < -0.3 is 4.90 Å². The number of hydrogen-bond donors (Lipinski definition) is 2. The molecule has 0 saturated carbocycles. The zero-order valence-corrected chi connectivity index (χ0v) is 12.4. The van der Waals surface area contributed by atoms with Gasteiger partial charge in [-0.2, -0.15) is 0 Å². The number of thiocarbonyl (C=S) groups is 1. The maximum absolute atomic E-state index is 4.91. The zero-order valence-electron chi connectivity index (χ0n) is 9.77. The third-order valence-corrected chi connectivity index (χ3v) is 3.90. The third kappa shape index (κ3) is 6.33. The van der Waals surface area contributed by atoms with Crippen LogP contribution in [0.3, 0.4) is 0 Å². The second-order valence-electron chi connectivity index (χ2n) is 4.34. The molecule has 2 rings (SSSR count). The Kier molecular flexibility index (Phi) is 7.87. The second kappa shape index (κ2) is 8.61. The number of hydrogen-bond acceptors (Lipinski definition) is 3. The highest BCUT2D eigenvalue weighted by molar-refractivity contribution is 8.10. The summed E-state index contributed by atoms with van der Waals surface area (Å²) in [4.78, 5) is 2.15. The van der Waals surface area contributed by atoms with Gasteiger partial charge in [0.25, 0.3) is 0 Å². The van der Waals surface area contributed by atoms with Crippen molar-refractivity contribution in [3.05, 3.63) is 0 Å². The van der Waals surface area contributed by atoms with Gasteiger partial charge in [0.05, 0.1) is 0 Å². The van der Waals surface area contributed by atoms with Crippen molar-refractivity contribution < 1.29 is 0 Å². The molecule has 16 heavy (non-hydrogen) atoms. The van der Waals surface area contributed by atoms with Gasteiger partial charge in [0.1, 0.15) is 4.32 Å². The number of nitrogens with zero attached hydrogens (tertiary/aromatic N) is 2. The number of piperidine rings is 2. The summed E-state index contributed by atoms with van der Waals surface area (Å²) in [7, 11) is 0. The van der Waals surface area contributed by atoms with E-state index in [1.54, 1.807) is 0 Å². The number of thiol groups is 2. The van der Waals surface area contributed by atoms with Crippen molar-refractivity contribution in [3.8, 4) is 0 Å². The van der Waals surface area contributed by atoms with Gasteiger partial charge in [-0.15, -0.1) is 12.6 Å². The molecule has 2 heterocycles. The van der Waals surface area contributed by atoms with E-state index in [1.807, 2.05) is 0 Å². The maximum atomic E-state index is 4.91. The van der Waals surface area contributed by atoms with Crippen molar-refractivity contribution in [2.24, 2.45) is 0 Å². The van der Waals surface area contributed by atoms with E-state index in [2.05, 4.69) is 34.6 Å². The molecule has 0 spiro atoms. The summed E-state index contributed by atoms with van der Waals surface area (Å²) in [5, 5.41) is 0. The first-order valence-corrected chi connectivity index (χ1v) is 7.37. The summed E-state index contributed by atoms with van der Waals surface area (Å²) in [5.74, 6) is 0. The lowest BCUT2D eigenvalue weighted by Gasteiger charge is -2.26. The molecule has 0 N–H and O–H groups in total. The highest BCUT2D eigenvalue weighted by Gasteiger charge is 2.09. The molecule has 94 valence electrons. The molecule has 2 fully saturated rings.